The van der Waals surface area contributed by atoms with Crippen LogP contribution in [0.5, 0.6) is 0 Å². The summed E-state index contributed by atoms with van der Waals surface area (Å²) < 4.78 is 4.43. The summed E-state index contributed by atoms with van der Waals surface area (Å²) in [5, 5.41) is 10.6. The molecule has 0 aliphatic carbocycles. The number of halogens is 3. The Kier molecular flexibility index (Phi) is 4.02. The number of nitrogens with zero attached hydrogens (tertiary/aromatic N) is 1. The van der Waals surface area contributed by atoms with Crippen molar-refractivity contribution in [1.29, 1.82) is 0 Å². The maximum atomic E-state index is 10.6. The molecule has 0 radical (unpaired) electrons. The van der Waals surface area contributed by atoms with E-state index < -0.39 is 15.4 Å². The monoisotopic (exact) mass is 309 g/mol. The number of alkyl halides is 3. The SMILES string of the molecule is O=[N+]([O-])c1ccc(C2OCC(CCl)C2(Cl)Cl)cc1. The second-order valence-corrected chi connectivity index (χ2v) is 5.84. The zero-order valence-electron chi connectivity index (χ0n) is 9.18. The molecule has 1 aliphatic heterocycles. The Morgan fingerprint density at radius 1 is 1.39 bits per heavy atom. The Labute approximate surface area is 119 Å². The number of hydrogen-bond donors (Lipinski definition) is 0. The third-order valence-corrected chi connectivity index (χ3v) is 4.34. The molecule has 1 aliphatic rings. The average Bonchev–Trinajstić information content (AvgIpc) is 2.64. The van der Waals surface area contributed by atoms with Crippen molar-refractivity contribution in [3.63, 3.8) is 0 Å². The topological polar surface area (TPSA) is 52.4 Å². The molecule has 98 valence electrons. The van der Waals surface area contributed by atoms with Gasteiger partial charge >= 0.3 is 0 Å². The van der Waals surface area contributed by atoms with Crippen LogP contribution in [0.2, 0.25) is 0 Å². The lowest BCUT2D eigenvalue weighted by molar-refractivity contribution is -0.384. The van der Waals surface area contributed by atoms with E-state index in [0.29, 0.717) is 18.1 Å². The summed E-state index contributed by atoms with van der Waals surface area (Å²) in [6.07, 6.45) is -0.523. The van der Waals surface area contributed by atoms with Gasteiger partial charge in [0.15, 0.2) is 4.33 Å². The highest BCUT2D eigenvalue weighted by atomic mass is 35.5. The Hall–Kier alpha value is -0.550. The van der Waals surface area contributed by atoms with Crippen molar-refractivity contribution in [2.45, 2.75) is 10.4 Å². The summed E-state index contributed by atoms with van der Waals surface area (Å²) in [5.74, 6) is 0.138. The quantitative estimate of drug-likeness (QED) is 0.486. The van der Waals surface area contributed by atoms with Gasteiger partial charge in [-0.3, -0.25) is 10.1 Å². The van der Waals surface area contributed by atoms with E-state index in [0.717, 1.165) is 0 Å². The molecule has 1 heterocycles. The summed E-state index contributed by atoms with van der Waals surface area (Å²) >= 11 is 18.3. The van der Waals surface area contributed by atoms with E-state index in [1.54, 1.807) is 12.1 Å². The zero-order valence-corrected chi connectivity index (χ0v) is 11.5. The first-order valence-electron chi connectivity index (χ1n) is 5.26. The second kappa shape index (κ2) is 5.21. The highest BCUT2D eigenvalue weighted by Crippen LogP contribution is 2.50. The van der Waals surface area contributed by atoms with Crippen molar-refractivity contribution in [2.24, 2.45) is 5.92 Å². The molecule has 2 atom stereocenters. The van der Waals surface area contributed by atoms with Crippen LogP contribution in [0.3, 0.4) is 0 Å². The maximum Gasteiger partial charge on any atom is 0.269 e. The molecule has 0 bridgehead atoms. The van der Waals surface area contributed by atoms with Gasteiger partial charge < -0.3 is 4.74 Å². The number of nitro benzene ring substituents is 1. The molecular formula is C11H10Cl3NO3. The van der Waals surface area contributed by atoms with Crippen molar-refractivity contribution in [1.82, 2.24) is 0 Å². The molecule has 1 saturated heterocycles. The van der Waals surface area contributed by atoms with Gasteiger partial charge in [0.05, 0.1) is 11.5 Å². The summed E-state index contributed by atoms with van der Waals surface area (Å²) in [6, 6.07) is 5.99. The third-order valence-electron chi connectivity index (χ3n) is 2.95. The van der Waals surface area contributed by atoms with E-state index in [9.17, 15) is 10.1 Å². The molecule has 18 heavy (non-hydrogen) atoms. The minimum Gasteiger partial charge on any atom is -0.370 e. The minimum atomic E-state index is -1.11. The summed E-state index contributed by atoms with van der Waals surface area (Å²) in [4.78, 5) is 10.1. The molecule has 7 heteroatoms. The molecule has 2 rings (SSSR count). The van der Waals surface area contributed by atoms with Gasteiger partial charge in [-0.05, 0) is 17.7 Å². The van der Waals surface area contributed by atoms with Gasteiger partial charge in [-0.15, -0.1) is 11.6 Å². The van der Waals surface area contributed by atoms with Crippen molar-refractivity contribution >= 4 is 40.5 Å². The molecule has 4 nitrogen and oxygen atoms in total. The smallest absolute Gasteiger partial charge is 0.269 e. The van der Waals surface area contributed by atoms with Crippen LogP contribution < -0.4 is 0 Å². The van der Waals surface area contributed by atoms with Crippen LogP contribution in [0, 0.1) is 16.0 Å². The molecule has 0 spiro atoms. The Morgan fingerprint density at radius 3 is 2.44 bits per heavy atom. The largest absolute Gasteiger partial charge is 0.370 e. The van der Waals surface area contributed by atoms with Gasteiger partial charge in [-0.25, -0.2) is 0 Å². The predicted octanol–water partition coefficient (Wildman–Crippen LogP) is 3.70. The van der Waals surface area contributed by atoms with Crippen LogP contribution in [-0.4, -0.2) is 21.7 Å². The van der Waals surface area contributed by atoms with Crippen molar-refractivity contribution < 1.29 is 9.66 Å². The van der Waals surface area contributed by atoms with E-state index in [1.165, 1.54) is 12.1 Å². The fraction of sp³-hybridized carbons (Fsp3) is 0.455. The first-order chi connectivity index (χ1) is 8.46. The van der Waals surface area contributed by atoms with Crippen LogP contribution >= 0.6 is 34.8 Å². The zero-order chi connectivity index (χ0) is 13.3. The molecule has 0 amide bonds. The van der Waals surface area contributed by atoms with Gasteiger partial charge in [0, 0.05) is 23.9 Å². The number of nitro groups is 1. The molecule has 2 unspecified atom stereocenters. The summed E-state index contributed by atoms with van der Waals surface area (Å²) in [7, 11) is 0. The number of non-ortho nitro benzene ring substituents is 1. The molecular weight excluding hydrogens is 300 g/mol. The third kappa shape index (κ3) is 2.43. The first-order valence-corrected chi connectivity index (χ1v) is 6.55. The van der Waals surface area contributed by atoms with E-state index in [2.05, 4.69) is 0 Å². The Balaban J connectivity index is 2.25. The van der Waals surface area contributed by atoms with Gasteiger partial charge in [0.25, 0.3) is 5.69 Å². The van der Waals surface area contributed by atoms with Gasteiger partial charge in [0.2, 0.25) is 0 Å². The normalized spacial score (nSPS) is 26.2. The lowest BCUT2D eigenvalue weighted by Crippen LogP contribution is -2.27. The maximum absolute atomic E-state index is 10.6. The van der Waals surface area contributed by atoms with Crippen molar-refractivity contribution in [2.75, 3.05) is 12.5 Å². The Morgan fingerprint density at radius 2 is 2.00 bits per heavy atom. The molecule has 0 saturated carbocycles. The van der Waals surface area contributed by atoms with E-state index in [-0.39, 0.29) is 11.6 Å². The number of rotatable bonds is 3. The minimum absolute atomic E-state index is 0.0142. The summed E-state index contributed by atoms with van der Waals surface area (Å²) in [5.41, 5.74) is 0.721. The highest BCUT2D eigenvalue weighted by molar-refractivity contribution is 6.49. The van der Waals surface area contributed by atoms with E-state index in [4.69, 9.17) is 39.5 Å². The fourth-order valence-corrected chi connectivity index (χ4v) is 3.03. The predicted molar refractivity (Wildman–Crippen MR) is 70.4 cm³/mol. The molecule has 0 aromatic heterocycles. The van der Waals surface area contributed by atoms with Gasteiger partial charge in [-0.2, -0.15) is 0 Å². The average molecular weight is 311 g/mol. The molecule has 1 fully saturated rings. The van der Waals surface area contributed by atoms with Gasteiger partial charge in [0.1, 0.15) is 6.10 Å². The lowest BCUT2D eigenvalue weighted by atomic mass is 10.0. The van der Waals surface area contributed by atoms with Crippen molar-refractivity contribution in [3.05, 3.63) is 39.9 Å². The van der Waals surface area contributed by atoms with Crippen LogP contribution in [0.4, 0.5) is 5.69 Å². The molecule has 0 N–H and O–H groups in total. The van der Waals surface area contributed by atoms with Crippen LogP contribution in [0.15, 0.2) is 24.3 Å². The number of benzene rings is 1. The van der Waals surface area contributed by atoms with Crippen LogP contribution in [0.25, 0.3) is 0 Å². The van der Waals surface area contributed by atoms with Gasteiger partial charge in [-0.1, -0.05) is 23.2 Å². The molecule has 1 aromatic rings. The molecule has 1 aromatic carbocycles. The number of ether oxygens (including phenoxy) is 1. The van der Waals surface area contributed by atoms with Crippen molar-refractivity contribution in [3.8, 4) is 0 Å². The first kappa shape index (κ1) is 13.9. The van der Waals surface area contributed by atoms with Crippen LogP contribution in [0.1, 0.15) is 11.7 Å². The summed E-state index contributed by atoms with van der Waals surface area (Å²) in [6.45, 7) is 0.373. The fourth-order valence-electron chi connectivity index (χ4n) is 1.89. The highest BCUT2D eigenvalue weighted by Gasteiger charge is 2.49. The van der Waals surface area contributed by atoms with E-state index in [1.807, 2.05) is 0 Å². The van der Waals surface area contributed by atoms with Crippen LogP contribution in [-0.2, 0) is 4.74 Å². The second-order valence-electron chi connectivity index (χ2n) is 4.09. The standard InChI is InChI=1S/C11H10Cl3NO3/c12-5-8-6-18-10(11(8,13)14)7-1-3-9(4-2-7)15(16)17/h1-4,8,10H,5-6H2. The Bertz CT molecular complexity index is 449. The lowest BCUT2D eigenvalue weighted by Gasteiger charge is -2.24. The number of hydrogen-bond acceptors (Lipinski definition) is 3. The van der Waals surface area contributed by atoms with E-state index >= 15 is 0 Å².